The van der Waals surface area contributed by atoms with Gasteiger partial charge < -0.3 is 4.74 Å². The van der Waals surface area contributed by atoms with E-state index in [-0.39, 0.29) is 5.97 Å². The first-order valence-electron chi connectivity index (χ1n) is 3.78. The van der Waals surface area contributed by atoms with Crippen molar-refractivity contribution in [1.82, 2.24) is 10.4 Å². The summed E-state index contributed by atoms with van der Waals surface area (Å²) in [4.78, 5) is 11.1. The van der Waals surface area contributed by atoms with Crippen molar-refractivity contribution in [3.05, 3.63) is 11.8 Å². The minimum absolute atomic E-state index is 0.336. The third-order valence-electron chi connectivity index (χ3n) is 1.43. The van der Waals surface area contributed by atoms with E-state index in [1.54, 1.807) is 6.92 Å². The Morgan fingerprint density at radius 1 is 1.92 bits per heavy atom. The summed E-state index contributed by atoms with van der Waals surface area (Å²) in [5, 5.41) is 12.7. The Morgan fingerprint density at radius 2 is 2.67 bits per heavy atom. The molecule has 0 aromatic rings. The molecule has 0 atom stereocenters. The first-order chi connectivity index (χ1) is 5.74. The molecule has 1 aliphatic heterocycles. The maximum Gasteiger partial charge on any atom is 0.336 e. The second-order valence-electron chi connectivity index (χ2n) is 2.40. The highest BCUT2D eigenvalue weighted by Crippen LogP contribution is 2.02. The van der Waals surface area contributed by atoms with Gasteiger partial charge in [0.25, 0.3) is 0 Å². The summed E-state index contributed by atoms with van der Waals surface area (Å²) >= 11 is 0. The van der Waals surface area contributed by atoms with E-state index in [0.717, 1.165) is 5.06 Å². The summed E-state index contributed by atoms with van der Waals surface area (Å²) in [6.45, 7) is 2.87. The van der Waals surface area contributed by atoms with Crippen LogP contribution in [-0.4, -0.2) is 36.1 Å². The molecule has 0 unspecified atom stereocenters. The molecule has 0 radical (unpaired) electrons. The van der Waals surface area contributed by atoms with E-state index in [2.05, 4.69) is 5.32 Å². The van der Waals surface area contributed by atoms with Crippen molar-refractivity contribution < 1.29 is 14.7 Å². The van der Waals surface area contributed by atoms with E-state index in [1.807, 2.05) is 0 Å². The zero-order chi connectivity index (χ0) is 8.97. The van der Waals surface area contributed by atoms with Gasteiger partial charge in [-0.3, -0.25) is 10.5 Å². The van der Waals surface area contributed by atoms with Crippen LogP contribution in [0.5, 0.6) is 0 Å². The molecule has 12 heavy (non-hydrogen) atoms. The fourth-order valence-corrected chi connectivity index (χ4v) is 0.925. The van der Waals surface area contributed by atoms with Crippen LogP contribution in [0.25, 0.3) is 0 Å². The number of nitrogens with one attached hydrogen (secondary N) is 1. The van der Waals surface area contributed by atoms with Crippen molar-refractivity contribution in [3.8, 4) is 0 Å². The van der Waals surface area contributed by atoms with E-state index in [9.17, 15) is 4.79 Å². The molecule has 2 N–H and O–H groups in total. The smallest absolute Gasteiger partial charge is 0.336 e. The molecule has 0 saturated carbocycles. The first-order valence-corrected chi connectivity index (χ1v) is 3.78. The third kappa shape index (κ3) is 2.21. The molecular weight excluding hydrogens is 160 g/mol. The number of nitrogens with zero attached hydrogens (tertiary/aromatic N) is 1. The summed E-state index contributed by atoms with van der Waals surface area (Å²) < 4.78 is 4.74. The van der Waals surface area contributed by atoms with Crippen LogP contribution in [0.4, 0.5) is 0 Å². The van der Waals surface area contributed by atoms with E-state index in [0.29, 0.717) is 25.4 Å². The quantitative estimate of drug-likeness (QED) is 0.559. The van der Waals surface area contributed by atoms with Crippen LogP contribution in [0.3, 0.4) is 0 Å². The Hall–Kier alpha value is -1.07. The van der Waals surface area contributed by atoms with E-state index in [4.69, 9.17) is 9.94 Å². The number of ether oxygens (including phenoxy) is 1. The number of carbonyl (C=O) groups excluding carboxylic acids is 1. The van der Waals surface area contributed by atoms with Gasteiger partial charge in [-0.2, -0.15) is 0 Å². The monoisotopic (exact) mass is 172 g/mol. The molecule has 5 nitrogen and oxygen atoms in total. The first kappa shape index (κ1) is 9.02. The number of esters is 1. The molecule has 0 saturated heterocycles. The Kier molecular flexibility index (Phi) is 3.07. The molecule has 0 aliphatic carbocycles. The van der Waals surface area contributed by atoms with Crippen LogP contribution in [0, 0.1) is 0 Å². The highest BCUT2D eigenvalue weighted by molar-refractivity contribution is 5.88. The van der Waals surface area contributed by atoms with Crippen LogP contribution >= 0.6 is 0 Å². The third-order valence-corrected chi connectivity index (χ3v) is 1.43. The van der Waals surface area contributed by atoms with Gasteiger partial charge in [0.1, 0.15) is 0 Å². The minimum atomic E-state index is -0.385. The highest BCUT2D eigenvalue weighted by atomic mass is 16.5. The predicted molar refractivity (Wildman–Crippen MR) is 41.2 cm³/mol. The van der Waals surface area contributed by atoms with Crippen LogP contribution in [0.1, 0.15) is 6.92 Å². The second-order valence-corrected chi connectivity index (χ2v) is 2.40. The molecule has 0 bridgehead atoms. The number of hydrogen-bond donors (Lipinski definition) is 2. The van der Waals surface area contributed by atoms with E-state index in [1.165, 1.54) is 6.20 Å². The van der Waals surface area contributed by atoms with Crippen LogP contribution in [-0.2, 0) is 9.53 Å². The summed E-state index contributed by atoms with van der Waals surface area (Å²) in [7, 11) is 0. The molecule has 0 fully saturated rings. The topological polar surface area (TPSA) is 61.8 Å². The standard InChI is InChI=1S/C7H12N2O3/c1-2-12-7(10)6-3-8-5-9(11)4-6/h4,8,11H,2-3,5H2,1H3. The number of carbonyl (C=O) groups is 1. The predicted octanol–water partition coefficient (Wildman–Crippen LogP) is -0.315. The summed E-state index contributed by atoms with van der Waals surface area (Å²) in [6.07, 6.45) is 1.37. The lowest BCUT2D eigenvalue weighted by Gasteiger charge is -2.20. The van der Waals surface area contributed by atoms with Gasteiger partial charge in [-0.05, 0) is 6.92 Å². The fraction of sp³-hybridized carbons (Fsp3) is 0.571. The SMILES string of the molecule is CCOC(=O)C1=CN(O)CNC1. The second kappa shape index (κ2) is 4.08. The average Bonchev–Trinajstić information content (AvgIpc) is 2.05. The van der Waals surface area contributed by atoms with Crippen LogP contribution < -0.4 is 5.32 Å². The zero-order valence-corrected chi connectivity index (χ0v) is 6.91. The van der Waals surface area contributed by atoms with Crippen molar-refractivity contribution in [3.63, 3.8) is 0 Å². The van der Waals surface area contributed by atoms with Gasteiger partial charge in [0.15, 0.2) is 0 Å². The fourth-order valence-electron chi connectivity index (χ4n) is 0.925. The number of hydroxylamine groups is 2. The lowest BCUT2D eigenvalue weighted by molar-refractivity contribution is -0.139. The lowest BCUT2D eigenvalue weighted by atomic mass is 10.2. The lowest BCUT2D eigenvalue weighted by Crippen LogP contribution is -2.37. The van der Waals surface area contributed by atoms with Crippen LogP contribution in [0.2, 0.25) is 0 Å². The van der Waals surface area contributed by atoms with Gasteiger partial charge >= 0.3 is 5.97 Å². The summed E-state index contributed by atoms with van der Waals surface area (Å²) in [5.41, 5.74) is 0.436. The number of hydrogen-bond acceptors (Lipinski definition) is 5. The maximum atomic E-state index is 11.1. The molecular formula is C7H12N2O3. The molecule has 5 heteroatoms. The zero-order valence-electron chi connectivity index (χ0n) is 6.91. The summed E-state index contributed by atoms with van der Waals surface area (Å²) in [5.74, 6) is -0.385. The van der Waals surface area contributed by atoms with Gasteiger partial charge in [0, 0.05) is 12.7 Å². The van der Waals surface area contributed by atoms with Crippen LogP contribution in [0.15, 0.2) is 11.8 Å². The van der Waals surface area contributed by atoms with Crippen molar-refractivity contribution in [2.75, 3.05) is 19.8 Å². The average molecular weight is 172 g/mol. The van der Waals surface area contributed by atoms with Gasteiger partial charge in [-0.1, -0.05) is 0 Å². The normalized spacial score (nSPS) is 17.2. The molecule has 0 spiro atoms. The minimum Gasteiger partial charge on any atom is -0.463 e. The Balaban J connectivity index is 2.55. The van der Waals surface area contributed by atoms with Gasteiger partial charge in [0.2, 0.25) is 0 Å². The molecule has 0 aromatic carbocycles. The summed E-state index contributed by atoms with van der Waals surface area (Å²) in [6, 6.07) is 0. The molecule has 1 heterocycles. The number of rotatable bonds is 2. The van der Waals surface area contributed by atoms with Crippen molar-refractivity contribution >= 4 is 5.97 Å². The molecule has 0 aromatic heterocycles. The largest absolute Gasteiger partial charge is 0.463 e. The van der Waals surface area contributed by atoms with Gasteiger partial charge in [-0.25, -0.2) is 9.86 Å². The highest BCUT2D eigenvalue weighted by Gasteiger charge is 2.15. The molecule has 1 aliphatic rings. The Labute approximate surface area is 70.6 Å². The van der Waals surface area contributed by atoms with Crippen molar-refractivity contribution in [2.45, 2.75) is 6.92 Å². The van der Waals surface area contributed by atoms with Crippen molar-refractivity contribution in [1.29, 1.82) is 0 Å². The Morgan fingerprint density at radius 3 is 3.25 bits per heavy atom. The van der Waals surface area contributed by atoms with Gasteiger partial charge in [0.05, 0.1) is 18.8 Å². The van der Waals surface area contributed by atoms with E-state index >= 15 is 0 Å². The van der Waals surface area contributed by atoms with E-state index < -0.39 is 0 Å². The van der Waals surface area contributed by atoms with Crippen molar-refractivity contribution in [2.24, 2.45) is 0 Å². The van der Waals surface area contributed by atoms with Gasteiger partial charge in [-0.15, -0.1) is 0 Å². The molecule has 68 valence electrons. The molecule has 1 rings (SSSR count). The maximum absolute atomic E-state index is 11.1. The Bertz CT molecular complexity index is 203. The molecule has 0 amide bonds.